The van der Waals surface area contributed by atoms with Crippen LogP contribution in [0.3, 0.4) is 0 Å². The van der Waals surface area contributed by atoms with Gasteiger partial charge in [0.1, 0.15) is 0 Å². The van der Waals surface area contributed by atoms with Gasteiger partial charge in [0.25, 0.3) is 5.91 Å². The third-order valence-electron chi connectivity index (χ3n) is 3.76. The zero-order chi connectivity index (χ0) is 13.5. The lowest BCUT2D eigenvalue weighted by Gasteiger charge is -2.14. The van der Waals surface area contributed by atoms with Crippen molar-refractivity contribution in [1.82, 2.24) is 5.32 Å². The molecular formula is C16H24N2O. The van der Waals surface area contributed by atoms with Crippen LogP contribution in [-0.4, -0.2) is 19.0 Å². The van der Waals surface area contributed by atoms with E-state index in [9.17, 15) is 4.79 Å². The van der Waals surface area contributed by atoms with Gasteiger partial charge in [0, 0.05) is 18.8 Å². The zero-order valence-electron chi connectivity index (χ0n) is 11.7. The fourth-order valence-electron chi connectivity index (χ4n) is 2.64. The summed E-state index contributed by atoms with van der Waals surface area (Å²) in [5.41, 5.74) is 1.70. The van der Waals surface area contributed by atoms with Crippen LogP contribution in [0.15, 0.2) is 24.3 Å². The highest BCUT2D eigenvalue weighted by atomic mass is 16.1. The molecule has 0 radical (unpaired) electrons. The fourth-order valence-corrected chi connectivity index (χ4v) is 2.64. The highest BCUT2D eigenvalue weighted by Gasteiger charge is 2.17. The molecule has 1 amide bonds. The van der Waals surface area contributed by atoms with Gasteiger partial charge in [0.05, 0.1) is 5.56 Å². The summed E-state index contributed by atoms with van der Waals surface area (Å²) in [6.45, 7) is 3.84. The van der Waals surface area contributed by atoms with E-state index in [0.717, 1.165) is 30.8 Å². The van der Waals surface area contributed by atoms with E-state index in [0.29, 0.717) is 5.92 Å². The topological polar surface area (TPSA) is 41.1 Å². The van der Waals surface area contributed by atoms with Crippen molar-refractivity contribution in [2.75, 3.05) is 18.4 Å². The maximum absolute atomic E-state index is 12.2. The molecule has 0 bridgehead atoms. The van der Waals surface area contributed by atoms with E-state index < -0.39 is 0 Å². The van der Waals surface area contributed by atoms with Gasteiger partial charge in [-0.05, 0) is 37.3 Å². The Balaban J connectivity index is 1.93. The Morgan fingerprint density at radius 3 is 2.74 bits per heavy atom. The molecule has 0 saturated heterocycles. The molecule has 0 aromatic heterocycles. The van der Waals surface area contributed by atoms with Gasteiger partial charge in [-0.1, -0.05) is 31.9 Å². The first-order valence-corrected chi connectivity index (χ1v) is 7.42. The summed E-state index contributed by atoms with van der Waals surface area (Å²) in [6.07, 6.45) is 6.20. The summed E-state index contributed by atoms with van der Waals surface area (Å²) in [5.74, 6) is 0.728. The molecule has 0 spiro atoms. The Morgan fingerprint density at radius 1 is 1.26 bits per heavy atom. The molecule has 19 heavy (non-hydrogen) atoms. The average Bonchev–Trinajstić information content (AvgIpc) is 2.96. The first-order valence-electron chi connectivity index (χ1n) is 7.42. The Hall–Kier alpha value is -1.51. The molecule has 0 aliphatic heterocycles. The van der Waals surface area contributed by atoms with Crippen LogP contribution in [0.4, 0.5) is 5.69 Å². The predicted octanol–water partition coefficient (Wildman–Crippen LogP) is 3.43. The molecule has 1 aromatic carbocycles. The predicted molar refractivity (Wildman–Crippen MR) is 79.5 cm³/mol. The minimum atomic E-state index is 0.0473. The van der Waals surface area contributed by atoms with Crippen LogP contribution in [0.2, 0.25) is 0 Å². The summed E-state index contributed by atoms with van der Waals surface area (Å²) in [5, 5.41) is 6.39. The molecule has 0 unspecified atom stereocenters. The maximum Gasteiger partial charge on any atom is 0.253 e. The number of carbonyl (C=O) groups is 1. The van der Waals surface area contributed by atoms with Crippen molar-refractivity contribution >= 4 is 11.6 Å². The summed E-state index contributed by atoms with van der Waals surface area (Å²) >= 11 is 0. The molecule has 0 heterocycles. The van der Waals surface area contributed by atoms with Crippen molar-refractivity contribution in [3.63, 3.8) is 0 Å². The van der Waals surface area contributed by atoms with Gasteiger partial charge in [0.2, 0.25) is 0 Å². The molecule has 1 aromatic rings. The number of carbonyl (C=O) groups excluding carboxylic acids is 1. The number of rotatable bonds is 6. The smallest absolute Gasteiger partial charge is 0.253 e. The number of hydrogen-bond acceptors (Lipinski definition) is 2. The van der Waals surface area contributed by atoms with E-state index in [1.54, 1.807) is 0 Å². The molecular weight excluding hydrogens is 236 g/mol. The van der Waals surface area contributed by atoms with Crippen LogP contribution >= 0.6 is 0 Å². The van der Waals surface area contributed by atoms with E-state index >= 15 is 0 Å². The Morgan fingerprint density at radius 2 is 2.00 bits per heavy atom. The fraction of sp³-hybridized carbons (Fsp3) is 0.562. The molecule has 1 aliphatic rings. The average molecular weight is 260 g/mol. The van der Waals surface area contributed by atoms with E-state index in [1.165, 1.54) is 25.7 Å². The monoisotopic (exact) mass is 260 g/mol. The highest BCUT2D eigenvalue weighted by molar-refractivity contribution is 5.99. The standard InChI is InChI=1S/C16H24N2O/c1-2-11-17-15-10-6-5-9-14(15)16(19)18-12-13-7-3-4-8-13/h5-6,9-10,13,17H,2-4,7-8,11-12H2,1H3,(H,18,19). The lowest BCUT2D eigenvalue weighted by Crippen LogP contribution is -2.29. The van der Waals surface area contributed by atoms with E-state index in [2.05, 4.69) is 17.6 Å². The molecule has 3 nitrogen and oxygen atoms in total. The summed E-state index contributed by atoms with van der Waals surface area (Å²) < 4.78 is 0. The number of hydrogen-bond donors (Lipinski definition) is 2. The van der Waals surface area contributed by atoms with Crippen molar-refractivity contribution < 1.29 is 4.79 Å². The zero-order valence-corrected chi connectivity index (χ0v) is 11.7. The minimum Gasteiger partial charge on any atom is -0.384 e. The van der Waals surface area contributed by atoms with Crippen molar-refractivity contribution in [3.05, 3.63) is 29.8 Å². The Bertz CT molecular complexity index is 411. The first-order chi connectivity index (χ1) is 9.31. The van der Waals surface area contributed by atoms with Crippen LogP contribution < -0.4 is 10.6 Å². The molecule has 1 fully saturated rings. The number of anilines is 1. The minimum absolute atomic E-state index is 0.0473. The third kappa shape index (κ3) is 3.98. The van der Waals surface area contributed by atoms with Gasteiger partial charge < -0.3 is 10.6 Å². The number of benzene rings is 1. The summed E-state index contributed by atoms with van der Waals surface area (Å²) in [6, 6.07) is 7.75. The molecule has 0 atom stereocenters. The second-order valence-corrected chi connectivity index (χ2v) is 5.33. The Labute approximate surface area is 115 Å². The lowest BCUT2D eigenvalue weighted by atomic mass is 10.1. The highest BCUT2D eigenvalue weighted by Crippen LogP contribution is 2.24. The van der Waals surface area contributed by atoms with Gasteiger partial charge in [-0.15, -0.1) is 0 Å². The van der Waals surface area contributed by atoms with Crippen molar-refractivity contribution in [3.8, 4) is 0 Å². The molecule has 2 rings (SSSR count). The van der Waals surface area contributed by atoms with Gasteiger partial charge >= 0.3 is 0 Å². The molecule has 2 N–H and O–H groups in total. The summed E-state index contributed by atoms with van der Waals surface area (Å²) in [7, 11) is 0. The van der Waals surface area contributed by atoms with E-state index in [4.69, 9.17) is 0 Å². The van der Waals surface area contributed by atoms with Gasteiger partial charge in [0.15, 0.2) is 0 Å². The third-order valence-corrected chi connectivity index (χ3v) is 3.76. The van der Waals surface area contributed by atoms with Crippen LogP contribution in [-0.2, 0) is 0 Å². The molecule has 1 aliphatic carbocycles. The lowest BCUT2D eigenvalue weighted by molar-refractivity contribution is 0.0948. The quantitative estimate of drug-likeness (QED) is 0.822. The second-order valence-electron chi connectivity index (χ2n) is 5.33. The van der Waals surface area contributed by atoms with Crippen LogP contribution in [0, 0.1) is 5.92 Å². The van der Waals surface area contributed by atoms with Gasteiger partial charge in [-0.2, -0.15) is 0 Å². The Kier molecular flexibility index (Phi) is 5.25. The SMILES string of the molecule is CCCNc1ccccc1C(=O)NCC1CCCC1. The molecule has 3 heteroatoms. The number of nitrogens with one attached hydrogen (secondary N) is 2. The van der Waals surface area contributed by atoms with Gasteiger partial charge in [-0.25, -0.2) is 0 Å². The van der Waals surface area contributed by atoms with Crippen LogP contribution in [0.25, 0.3) is 0 Å². The molecule has 104 valence electrons. The second kappa shape index (κ2) is 7.17. The number of amides is 1. The van der Waals surface area contributed by atoms with Crippen molar-refractivity contribution in [1.29, 1.82) is 0 Å². The van der Waals surface area contributed by atoms with Crippen LogP contribution in [0.5, 0.6) is 0 Å². The maximum atomic E-state index is 12.2. The van der Waals surface area contributed by atoms with Crippen LogP contribution in [0.1, 0.15) is 49.4 Å². The molecule has 1 saturated carbocycles. The summed E-state index contributed by atoms with van der Waals surface area (Å²) in [4.78, 5) is 12.2. The van der Waals surface area contributed by atoms with E-state index in [-0.39, 0.29) is 5.91 Å². The number of para-hydroxylation sites is 1. The van der Waals surface area contributed by atoms with Gasteiger partial charge in [-0.3, -0.25) is 4.79 Å². The first kappa shape index (κ1) is 13.9. The van der Waals surface area contributed by atoms with Crippen molar-refractivity contribution in [2.24, 2.45) is 5.92 Å². The van der Waals surface area contributed by atoms with E-state index in [1.807, 2.05) is 24.3 Å². The largest absolute Gasteiger partial charge is 0.384 e. The van der Waals surface area contributed by atoms with Crippen molar-refractivity contribution in [2.45, 2.75) is 39.0 Å². The normalized spacial score (nSPS) is 15.4.